The summed E-state index contributed by atoms with van der Waals surface area (Å²) in [6.07, 6.45) is 4.05. The predicted octanol–water partition coefficient (Wildman–Crippen LogP) is 3.11. The highest BCUT2D eigenvalue weighted by Gasteiger charge is 2.28. The van der Waals surface area contributed by atoms with Crippen molar-refractivity contribution in [3.8, 4) is 0 Å². The van der Waals surface area contributed by atoms with Crippen LogP contribution in [0.5, 0.6) is 0 Å². The first-order valence-corrected chi connectivity index (χ1v) is 8.20. The molecule has 0 bridgehead atoms. The standard InChI is InChI=1S/C18H21N5/c1-13-10-14(2)23(21-13)11-15-6-5-9-22(15)18-16-7-3-4-8-17(16)19-12-20-18/h3-4,7-8,10,12,15H,5-6,9,11H2,1-2H3/t15-/m0/s1. The lowest BCUT2D eigenvalue weighted by Gasteiger charge is -2.27. The number of rotatable bonds is 3. The second-order valence-electron chi connectivity index (χ2n) is 6.31. The van der Waals surface area contributed by atoms with Gasteiger partial charge in [-0.2, -0.15) is 5.10 Å². The second-order valence-corrected chi connectivity index (χ2v) is 6.31. The van der Waals surface area contributed by atoms with Crippen molar-refractivity contribution >= 4 is 16.7 Å². The molecular weight excluding hydrogens is 286 g/mol. The first-order chi connectivity index (χ1) is 11.2. The minimum absolute atomic E-state index is 0.436. The van der Waals surface area contributed by atoms with Crippen LogP contribution in [0.25, 0.3) is 10.9 Å². The summed E-state index contributed by atoms with van der Waals surface area (Å²) in [5.74, 6) is 1.06. The van der Waals surface area contributed by atoms with Gasteiger partial charge in [0.1, 0.15) is 12.1 Å². The molecule has 0 saturated carbocycles. The Hall–Kier alpha value is -2.43. The fourth-order valence-electron chi connectivity index (χ4n) is 3.58. The summed E-state index contributed by atoms with van der Waals surface area (Å²) in [6, 6.07) is 10.8. The fraction of sp³-hybridized carbons (Fsp3) is 0.389. The molecule has 1 atom stereocenters. The number of hydrogen-bond acceptors (Lipinski definition) is 4. The van der Waals surface area contributed by atoms with E-state index < -0.39 is 0 Å². The molecule has 3 aromatic rings. The van der Waals surface area contributed by atoms with Crippen molar-refractivity contribution in [1.29, 1.82) is 0 Å². The third kappa shape index (κ3) is 2.56. The highest BCUT2D eigenvalue weighted by Crippen LogP contribution is 2.30. The van der Waals surface area contributed by atoms with Crippen LogP contribution >= 0.6 is 0 Å². The van der Waals surface area contributed by atoms with Gasteiger partial charge in [-0.3, -0.25) is 4.68 Å². The van der Waals surface area contributed by atoms with Crippen LogP contribution in [0.3, 0.4) is 0 Å². The molecule has 0 amide bonds. The summed E-state index contributed by atoms with van der Waals surface area (Å²) in [5, 5.41) is 5.76. The number of para-hydroxylation sites is 1. The van der Waals surface area contributed by atoms with Crippen molar-refractivity contribution in [3.05, 3.63) is 48.0 Å². The van der Waals surface area contributed by atoms with E-state index in [-0.39, 0.29) is 0 Å². The Balaban J connectivity index is 1.68. The molecule has 3 heterocycles. The summed E-state index contributed by atoms with van der Waals surface area (Å²) >= 11 is 0. The Labute approximate surface area is 136 Å². The molecule has 23 heavy (non-hydrogen) atoms. The van der Waals surface area contributed by atoms with Gasteiger partial charge in [0.25, 0.3) is 0 Å². The Morgan fingerprint density at radius 3 is 2.87 bits per heavy atom. The zero-order valence-electron chi connectivity index (χ0n) is 13.6. The molecule has 0 unspecified atom stereocenters. The van der Waals surface area contributed by atoms with E-state index in [1.807, 2.05) is 19.1 Å². The third-order valence-electron chi connectivity index (χ3n) is 4.66. The second kappa shape index (κ2) is 5.65. The highest BCUT2D eigenvalue weighted by molar-refractivity contribution is 5.89. The molecular formula is C18H21N5. The molecule has 5 nitrogen and oxygen atoms in total. The lowest BCUT2D eigenvalue weighted by Crippen LogP contribution is -2.34. The van der Waals surface area contributed by atoms with E-state index in [2.05, 4.69) is 49.8 Å². The quantitative estimate of drug-likeness (QED) is 0.746. The molecule has 1 aliphatic heterocycles. The molecule has 4 rings (SSSR count). The monoisotopic (exact) mass is 307 g/mol. The predicted molar refractivity (Wildman–Crippen MR) is 91.6 cm³/mol. The number of hydrogen-bond donors (Lipinski definition) is 0. The molecule has 2 aromatic heterocycles. The summed E-state index contributed by atoms with van der Waals surface area (Å²) in [7, 11) is 0. The van der Waals surface area contributed by atoms with E-state index in [1.54, 1.807) is 6.33 Å². The van der Waals surface area contributed by atoms with Gasteiger partial charge in [0.15, 0.2) is 0 Å². The minimum Gasteiger partial charge on any atom is -0.351 e. The highest BCUT2D eigenvalue weighted by atomic mass is 15.3. The van der Waals surface area contributed by atoms with E-state index in [0.717, 1.165) is 35.5 Å². The summed E-state index contributed by atoms with van der Waals surface area (Å²) in [6.45, 7) is 6.14. The largest absolute Gasteiger partial charge is 0.351 e. The van der Waals surface area contributed by atoms with Crippen LogP contribution in [0.1, 0.15) is 24.2 Å². The Bertz CT molecular complexity index is 833. The van der Waals surface area contributed by atoms with Crippen LogP contribution in [0.4, 0.5) is 5.82 Å². The minimum atomic E-state index is 0.436. The number of nitrogens with zero attached hydrogens (tertiary/aromatic N) is 5. The fourth-order valence-corrected chi connectivity index (χ4v) is 3.58. The number of benzene rings is 1. The Morgan fingerprint density at radius 2 is 2.04 bits per heavy atom. The maximum absolute atomic E-state index is 4.62. The maximum atomic E-state index is 4.62. The van der Waals surface area contributed by atoms with Gasteiger partial charge in [-0.05, 0) is 44.9 Å². The molecule has 0 radical (unpaired) electrons. The van der Waals surface area contributed by atoms with Gasteiger partial charge in [-0.25, -0.2) is 9.97 Å². The lowest BCUT2D eigenvalue weighted by molar-refractivity contribution is 0.497. The molecule has 1 fully saturated rings. The molecule has 0 spiro atoms. The van der Waals surface area contributed by atoms with Crippen LogP contribution in [0.2, 0.25) is 0 Å². The third-order valence-corrected chi connectivity index (χ3v) is 4.66. The molecule has 0 N–H and O–H groups in total. The molecule has 1 saturated heterocycles. The smallest absolute Gasteiger partial charge is 0.140 e. The zero-order chi connectivity index (χ0) is 15.8. The summed E-state index contributed by atoms with van der Waals surface area (Å²) < 4.78 is 2.13. The normalized spacial score (nSPS) is 18.0. The zero-order valence-corrected chi connectivity index (χ0v) is 13.6. The number of aromatic nitrogens is 4. The average molecular weight is 307 g/mol. The van der Waals surface area contributed by atoms with Gasteiger partial charge in [-0.1, -0.05) is 12.1 Å². The van der Waals surface area contributed by atoms with Crippen LogP contribution in [0, 0.1) is 13.8 Å². The average Bonchev–Trinajstić information content (AvgIpc) is 3.13. The first kappa shape index (κ1) is 14.2. The molecule has 1 aliphatic rings. The Kier molecular flexibility index (Phi) is 3.48. The summed E-state index contributed by atoms with van der Waals surface area (Å²) in [5.41, 5.74) is 3.32. The van der Waals surface area contributed by atoms with E-state index in [4.69, 9.17) is 0 Å². The van der Waals surface area contributed by atoms with Crippen molar-refractivity contribution in [1.82, 2.24) is 19.7 Å². The van der Waals surface area contributed by atoms with Crippen molar-refractivity contribution in [3.63, 3.8) is 0 Å². The van der Waals surface area contributed by atoms with Gasteiger partial charge in [-0.15, -0.1) is 0 Å². The van der Waals surface area contributed by atoms with E-state index in [9.17, 15) is 0 Å². The number of anilines is 1. The van der Waals surface area contributed by atoms with Crippen LogP contribution < -0.4 is 4.90 Å². The van der Waals surface area contributed by atoms with Crippen LogP contribution in [0.15, 0.2) is 36.7 Å². The van der Waals surface area contributed by atoms with Crippen molar-refractivity contribution in [2.45, 2.75) is 39.3 Å². The maximum Gasteiger partial charge on any atom is 0.140 e. The topological polar surface area (TPSA) is 46.8 Å². The van der Waals surface area contributed by atoms with Gasteiger partial charge >= 0.3 is 0 Å². The molecule has 1 aromatic carbocycles. The van der Waals surface area contributed by atoms with Crippen molar-refractivity contribution in [2.75, 3.05) is 11.4 Å². The van der Waals surface area contributed by atoms with Crippen molar-refractivity contribution < 1.29 is 0 Å². The van der Waals surface area contributed by atoms with E-state index in [0.29, 0.717) is 6.04 Å². The molecule has 5 heteroatoms. The van der Waals surface area contributed by atoms with Gasteiger partial charge < -0.3 is 4.90 Å². The summed E-state index contributed by atoms with van der Waals surface area (Å²) in [4.78, 5) is 11.4. The van der Waals surface area contributed by atoms with E-state index >= 15 is 0 Å². The molecule has 118 valence electrons. The van der Waals surface area contributed by atoms with Crippen molar-refractivity contribution in [2.24, 2.45) is 0 Å². The van der Waals surface area contributed by atoms with E-state index in [1.165, 1.54) is 18.5 Å². The molecule has 0 aliphatic carbocycles. The lowest BCUT2D eigenvalue weighted by atomic mass is 10.2. The van der Waals surface area contributed by atoms with Crippen LogP contribution in [-0.4, -0.2) is 32.3 Å². The Morgan fingerprint density at radius 1 is 1.17 bits per heavy atom. The van der Waals surface area contributed by atoms with Gasteiger partial charge in [0, 0.05) is 17.6 Å². The van der Waals surface area contributed by atoms with Gasteiger partial charge in [0.05, 0.1) is 23.8 Å². The first-order valence-electron chi connectivity index (χ1n) is 8.20. The van der Waals surface area contributed by atoms with Gasteiger partial charge in [0.2, 0.25) is 0 Å². The van der Waals surface area contributed by atoms with Crippen LogP contribution in [-0.2, 0) is 6.54 Å². The number of aryl methyl sites for hydroxylation is 2. The number of fused-ring (bicyclic) bond motifs is 1. The SMILES string of the molecule is Cc1cc(C)n(C[C@@H]2CCCN2c2ncnc3ccccc23)n1.